The maximum absolute atomic E-state index is 15.8. The number of hydrogen-bond donors (Lipinski definition) is 3. The highest BCUT2D eigenvalue weighted by Gasteiger charge is 2.35. The first kappa shape index (κ1) is 35.2. The number of aromatic nitrogens is 3. The van der Waals surface area contributed by atoms with Crippen molar-refractivity contribution < 1.29 is 27.5 Å². The van der Waals surface area contributed by atoms with E-state index >= 15 is 4.39 Å². The summed E-state index contributed by atoms with van der Waals surface area (Å²) in [7, 11) is 0. The van der Waals surface area contributed by atoms with Gasteiger partial charge in [0.1, 0.15) is 6.33 Å². The third-order valence-corrected chi connectivity index (χ3v) is 10.00. The lowest BCUT2D eigenvalue weighted by Crippen LogP contribution is -2.47. The number of hydrogen-bond acceptors (Lipinski definition) is 10. The van der Waals surface area contributed by atoms with Crippen LogP contribution in [0.3, 0.4) is 0 Å². The monoisotopic (exact) mass is 698 g/mol. The van der Waals surface area contributed by atoms with Gasteiger partial charge in [-0.05, 0) is 31.4 Å². The number of carboxylic acid groups (broad SMARTS) is 1. The fourth-order valence-electron chi connectivity index (χ4n) is 6.15. The zero-order valence-electron chi connectivity index (χ0n) is 26.1. The van der Waals surface area contributed by atoms with E-state index in [0.717, 1.165) is 44.6 Å². The molecule has 0 aliphatic carbocycles. The molecule has 2 fully saturated rings. The fourth-order valence-corrected chi connectivity index (χ4v) is 7.37. The van der Waals surface area contributed by atoms with Crippen molar-refractivity contribution in [2.45, 2.75) is 76.8 Å². The predicted octanol–water partition coefficient (Wildman–Crippen LogP) is 6.58. The molecule has 256 valence electrons. The second-order valence-corrected chi connectivity index (χ2v) is 13.4. The van der Waals surface area contributed by atoms with Crippen LogP contribution in [0.1, 0.15) is 62.3 Å². The van der Waals surface area contributed by atoms with Crippen LogP contribution in [0.2, 0.25) is 5.02 Å². The van der Waals surface area contributed by atoms with Gasteiger partial charge in [-0.15, -0.1) is 0 Å². The van der Waals surface area contributed by atoms with Gasteiger partial charge in [0.15, 0.2) is 16.8 Å². The Bertz CT molecular complexity index is 1540. The van der Waals surface area contributed by atoms with Crippen LogP contribution >= 0.6 is 22.9 Å². The van der Waals surface area contributed by atoms with Crippen LogP contribution < -0.4 is 16.0 Å². The summed E-state index contributed by atoms with van der Waals surface area (Å²) in [5.41, 5.74) is 6.12. The van der Waals surface area contributed by atoms with E-state index in [1.54, 1.807) is 4.90 Å². The number of nitrogens with two attached hydrogens (primary N) is 1. The minimum Gasteiger partial charge on any atom is -0.481 e. The lowest BCUT2D eigenvalue weighted by atomic mass is 10.1. The normalized spacial score (nSPS) is 19.4. The molecule has 1 aromatic carbocycles. The minimum absolute atomic E-state index is 0.0322. The number of nitrogens with one attached hydrogen (secondary N) is 1. The molecular weight excluding hydrogens is 660 g/mol. The molecule has 3 aromatic rings. The third kappa shape index (κ3) is 8.68. The van der Waals surface area contributed by atoms with Crippen molar-refractivity contribution in [3.8, 4) is 11.3 Å². The number of piperazine rings is 1. The molecule has 2 aliphatic rings. The molecule has 16 heteroatoms. The maximum Gasteiger partial charge on any atom is 0.417 e. The molecule has 0 unspecified atom stereocenters. The smallest absolute Gasteiger partial charge is 0.417 e. The molecule has 0 bridgehead atoms. The van der Waals surface area contributed by atoms with Crippen LogP contribution in [0.5, 0.6) is 0 Å². The largest absolute Gasteiger partial charge is 0.481 e. The first-order valence-corrected chi connectivity index (χ1v) is 17.0. The lowest BCUT2D eigenvalue weighted by molar-refractivity contribution is -0.138. The Hall–Kier alpha value is -3.11. The van der Waals surface area contributed by atoms with Gasteiger partial charge in [0.25, 0.3) is 0 Å². The molecule has 10 nitrogen and oxygen atoms in total. The van der Waals surface area contributed by atoms with Gasteiger partial charge in [-0.3, -0.25) is 14.6 Å². The number of rotatable bonds is 13. The highest BCUT2D eigenvalue weighted by molar-refractivity contribution is 7.16. The second-order valence-electron chi connectivity index (χ2n) is 11.9. The Morgan fingerprint density at radius 1 is 1.17 bits per heavy atom. The standard InChI is InChI=1S/C31H39ClF4N8O2S/c1-2-3-4-5-20-7-9-24(37)44(20)17-23-27(19-6-8-22(32)21(16-19)31(34,35)36)40-30(47-23)41-28-26(33)29(39-18-38-28)43-14-12-42(13-15-43)11-10-25(45)46/h6,8,16,18,20,24H,2-5,7,9-15,17,37H2,1H3,(H,45,46)(H,38,39,40,41)/t20-,24+/m1/s1. The highest BCUT2D eigenvalue weighted by atomic mass is 35.5. The number of likely N-dealkylation sites (tertiary alicyclic amines) is 1. The van der Waals surface area contributed by atoms with E-state index in [9.17, 15) is 18.0 Å². The molecular formula is C31H39ClF4N8O2S. The number of alkyl halides is 3. The van der Waals surface area contributed by atoms with E-state index in [0.29, 0.717) is 49.8 Å². The first-order chi connectivity index (χ1) is 22.4. The summed E-state index contributed by atoms with van der Waals surface area (Å²) < 4.78 is 57.3. The molecule has 0 radical (unpaired) electrons. The summed E-state index contributed by atoms with van der Waals surface area (Å²) in [4.78, 5) is 30.5. The SMILES string of the molecule is CCCCC[C@@H]1CC[C@@H](N)N1Cc1sc(Nc2ncnc(N3CCN(CCC(=O)O)CC3)c2F)nc1-c1ccc(Cl)c(C(F)(F)F)c1. The number of unbranched alkanes of at least 4 members (excludes halogenated alkanes) is 2. The van der Waals surface area contributed by atoms with Crippen LogP contribution in [0.15, 0.2) is 24.5 Å². The number of nitrogens with zero attached hydrogens (tertiary/aromatic N) is 6. The van der Waals surface area contributed by atoms with Gasteiger partial charge >= 0.3 is 12.1 Å². The number of carboxylic acids is 1. The number of halogens is 5. The molecule has 5 rings (SSSR count). The maximum atomic E-state index is 15.8. The van der Waals surface area contributed by atoms with Crippen molar-refractivity contribution >= 4 is 45.7 Å². The minimum atomic E-state index is -4.66. The molecule has 0 amide bonds. The molecule has 4 heterocycles. The molecule has 2 aromatic heterocycles. The van der Waals surface area contributed by atoms with Crippen molar-refractivity contribution in [3.63, 3.8) is 0 Å². The van der Waals surface area contributed by atoms with Gasteiger partial charge in [0.2, 0.25) is 5.82 Å². The molecule has 0 spiro atoms. The number of aliphatic carboxylic acids is 1. The van der Waals surface area contributed by atoms with Gasteiger partial charge in [-0.1, -0.05) is 55.2 Å². The fraction of sp³-hybridized carbons (Fsp3) is 0.548. The van der Waals surface area contributed by atoms with Crippen molar-refractivity contribution in [2.75, 3.05) is 42.9 Å². The quantitative estimate of drug-likeness (QED) is 0.133. The van der Waals surface area contributed by atoms with Crippen LogP contribution in [0, 0.1) is 5.82 Å². The third-order valence-electron chi connectivity index (χ3n) is 8.71. The van der Waals surface area contributed by atoms with Crippen LogP contribution in [-0.4, -0.2) is 80.8 Å². The lowest BCUT2D eigenvalue weighted by Gasteiger charge is -2.35. The van der Waals surface area contributed by atoms with Crippen LogP contribution in [-0.2, 0) is 17.5 Å². The van der Waals surface area contributed by atoms with E-state index in [-0.39, 0.29) is 41.0 Å². The Morgan fingerprint density at radius 2 is 1.94 bits per heavy atom. The molecule has 47 heavy (non-hydrogen) atoms. The summed E-state index contributed by atoms with van der Waals surface area (Å²) in [5, 5.41) is 11.8. The number of benzene rings is 1. The van der Waals surface area contributed by atoms with E-state index < -0.39 is 28.5 Å². The molecule has 0 saturated carbocycles. The topological polar surface area (TPSA) is 124 Å². The zero-order chi connectivity index (χ0) is 33.7. The van der Waals surface area contributed by atoms with Crippen molar-refractivity contribution in [2.24, 2.45) is 5.73 Å². The Labute approximate surface area is 279 Å². The molecule has 2 aliphatic heterocycles. The van der Waals surface area contributed by atoms with Crippen LogP contribution in [0.4, 0.5) is 34.3 Å². The first-order valence-electron chi connectivity index (χ1n) is 15.8. The van der Waals surface area contributed by atoms with Crippen LogP contribution in [0.25, 0.3) is 11.3 Å². The summed E-state index contributed by atoms with van der Waals surface area (Å²) in [6.07, 6.45) is 2.41. The van der Waals surface area contributed by atoms with E-state index in [1.807, 2.05) is 4.90 Å². The van der Waals surface area contributed by atoms with Crippen molar-refractivity contribution in [1.29, 1.82) is 0 Å². The van der Waals surface area contributed by atoms with Crippen molar-refractivity contribution in [1.82, 2.24) is 24.8 Å². The van der Waals surface area contributed by atoms with E-state index in [1.165, 1.54) is 29.8 Å². The molecule has 4 N–H and O–H groups in total. The second kappa shape index (κ2) is 15.4. The summed E-state index contributed by atoms with van der Waals surface area (Å²) in [6.45, 7) is 4.94. The van der Waals surface area contributed by atoms with E-state index in [4.69, 9.17) is 22.4 Å². The number of carbonyl (C=O) groups is 1. The van der Waals surface area contributed by atoms with Gasteiger partial charge in [-0.25, -0.2) is 15.0 Å². The molecule has 2 atom stereocenters. The average molecular weight is 699 g/mol. The Morgan fingerprint density at radius 3 is 2.64 bits per heavy atom. The zero-order valence-corrected chi connectivity index (χ0v) is 27.6. The summed E-state index contributed by atoms with van der Waals surface area (Å²) >= 11 is 7.14. The van der Waals surface area contributed by atoms with Crippen molar-refractivity contribution in [3.05, 3.63) is 45.8 Å². The van der Waals surface area contributed by atoms with Gasteiger partial charge in [0, 0.05) is 55.8 Å². The summed E-state index contributed by atoms with van der Waals surface area (Å²) in [5.74, 6) is -1.57. The molecule has 2 saturated heterocycles. The Kier molecular flexibility index (Phi) is 11.5. The predicted molar refractivity (Wildman–Crippen MR) is 174 cm³/mol. The Balaban J connectivity index is 1.42. The number of anilines is 3. The summed E-state index contributed by atoms with van der Waals surface area (Å²) in [6, 6.07) is 3.95. The number of thiazole rings is 1. The van der Waals surface area contributed by atoms with Gasteiger partial charge < -0.3 is 21.1 Å². The van der Waals surface area contributed by atoms with Gasteiger partial charge in [0.05, 0.1) is 28.9 Å². The average Bonchev–Trinajstić information content (AvgIpc) is 3.59. The van der Waals surface area contributed by atoms with Gasteiger partial charge in [-0.2, -0.15) is 17.6 Å². The highest BCUT2D eigenvalue weighted by Crippen LogP contribution is 2.41. The van der Waals surface area contributed by atoms with E-state index in [2.05, 4.69) is 32.1 Å².